The third kappa shape index (κ3) is 3.65. The number of hydrogen-bond acceptors (Lipinski definition) is 5. The molecule has 2 saturated heterocycles. The second kappa shape index (κ2) is 7.02. The van der Waals surface area contributed by atoms with Crippen LogP contribution in [0.5, 0.6) is 0 Å². The van der Waals surface area contributed by atoms with E-state index in [0.29, 0.717) is 0 Å². The highest BCUT2D eigenvalue weighted by atomic mass is 32.2. The highest BCUT2D eigenvalue weighted by molar-refractivity contribution is 7.89. The number of likely N-dealkylation sites (tertiary alicyclic amines) is 1. The van der Waals surface area contributed by atoms with Crippen molar-refractivity contribution < 1.29 is 22.8 Å². The Bertz CT molecular complexity index is 942. The minimum atomic E-state index is -3.80. The number of terminal acetylenes is 1. The summed E-state index contributed by atoms with van der Waals surface area (Å²) in [5.74, 6) is 1.46. The van der Waals surface area contributed by atoms with Crippen molar-refractivity contribution in [3.8, 4) is 12.3 Å². The van der Waals surface area contributed by atoms with Crippen LogP contribution in [0.3, 0.4) is 0 Å². The molecule has 3 rings (SSSR count). The Kier molecular flexibility index (Phi) is 4.91. The number of nitrogens with one attached hydrogen (secondary N) is 3. The molecule has 10 heteroatoms. The summed E-state index contributed by atoms with van der Waals surface area (Å²) in [6, 6.07) is 5.14. The van der Waals surface area contributed by atoms with E-state index >= 15 is 0 Å². The van der Waals surface area contributed by atoms with Gasteiger partial charge in [0.2, 0.25) is 10.0 Å². The predicted octanol–water partition coefficient (Wildman–Crippen LogP) is -0.588. The van der Waals surface area contributed by atoms with Crippen molar-refractivity contribution in [1.29, 1.82) is 0 Å². The van der Waals surface area contributed by atoms with E-state index in [1.165, 1.54) is 29.2 Å². The molecule has 9 nitrogen and oxygen atoms in total. The fourth-order valence-corrected chi connectivity index (χ4v) is 4.15. The molecule has 2 aliphatic rings. The summed E-state index contributed by atoms with van der Waals surface area (Å²) in [5, 5.41) is 4.84. The van der Waals surface area contributed by atoms with Gasteiger partial charge in [-0.3, -0.25) is 14.9 Å². The lowest BCUT2D eigenvalue weighted by Gasteiger charge is -2.37. The Balaban J connectivity index is 1.73. The van der Waals surface area contributed by atoms with Crippen LogP contribution in [0.1, 0.15) is 23.2 Å². The number of hydrogen-bond donors (Lipinski definition) is 3. The van der Waals surface area contributed by atoms with Gasteiger partial charge in [0.1, 0.15) is 5.54 Å². The standard InChI is InChI=1S/C17H18N4O5S/c1-2-8-18-27(25,26)13-5-3-4-12(11-13)14(22)21-9-6-17(7-10-21)15(23)19-16(24)20-17/h1,3-5,11,18H,6-10H2,(H2,19,20,23,24). The normalized spacial score (nSPS) is 18.7. The lowest BCUT2D eigenvalue weighted by Crippen LogP contribution is -2.55. The van der Waals surface area contributed by atoms with Gasteiger partial charge in [0, 0.05) is 18.7 Å². The second-order valence-electron chi connectivity index (χ2n) is 6.34. The number of rotatable bonds is 4. The van der Waals surface area contributed by atoms with E-state index in [2.05, 4.69) is 21.3 Å². The molecular formula is C17H18N4O5S. The number of imide groups is 1. The van der Waals surface area contributed by atoms with E-state index in [1.54, 1.807) is 0 Å². The minimum Gasteiger partial charge on any atom is -0.338 e. The lowest BCUT2D eigenvalue weighted by atomic mass is 9.87. The third-order valence-electron chi connectivity index (χ3n) is 4.67. The van der Waals surface area contributed by atoms with Gasteiger partial charge in [-0.2, -0.15) is 4.72 Å². The molecule has 1 spiro atoms. The molecule has 0 unspecified atom stereocenters. The van der Waals surface area contributed by atoms with Gasteiger partial charge in [-0.15, -0.1) is 6.42 Å². The van der Waals surface area contributed by atoms with E-state index in [1.807, 2.05) is 0 Å². The first kappa shape index (κ1) is 18.9. The molecule has 27 heavy (non-hydrogen) atoms. The Hall–Kier alpha value is -2.90. The predicted molar refractivity (Wildman–Crippen MR) is 95.0 cm³/mol. The minimum absolute atomic E-state index is 0.0560. The number of nitrogens with zero attached hydrogens (tertiary/aromatic N) is 1. The third-order valence-corrected chi connectivity index (χ3v) is 6.07. The maximum absolute atomic E-state index is 12.7. The van der Waals surface area contributed by atoms with E-state index in [4.69, 9.17) is 6.42 Å². The highest BCUT2D eigenvalue weighted by Gasteiger charge is 2.48. The molecule has 4 amide bonds. The van der Waals surface area contributed by atoms with E-state index in [9.17, 15) is 22.8 Å². The van der Waals surface area contributed by atoms with Gasteiger partial charge in [-0.1, -0.05) is 12.0 Å². The first-order valence-electron chi connectivity index (χ1n) is 8.23. The van der Waals surface area contributed by atoms with Crippen LogP contribution in [0, 0.1) is 12.3 Å². The molecule has 1 aromatic carbocycles. The Morgan fingerprint density at radius 1 is 1.30 bits per heavy atom. The molecule has 0 aliphatic carbocycles. The Morgan fingerprint density at radius 2 is 2.00 bits per heavy atom. The molecule has 2 aliphatic heterocycles. The smallest absolute Gasteiger partial charge is 0.322 e. The van der Waals surface area contributed by atoms with Crippen LogP contribution < -0.4 is 15.4 Å². The summed E-state index contributed by atoms with van der Waals surface area (Å²) in [4.78, 5) is 37.5. The topological polar surface area (TPSA) is 125 Å². The Morgan fingerprint density at radius 3 is 2.59 bits per heavy atom. The second-order valence-corrected chi connectivity index (χ2v) is 8.11. The zero-order chi connectivity index (χ0) is 19.7. The SMILES string of the molecule is C#CCNS(=O)(=O)c1cccc(C(=O)N2CCC3(CC2)NC(=O)NC3=O)c1. The van der Waals surface area contributed by atoms with Gasteiger partial charge in [-0.05, 0) is 31.0 Å². The molecule has 0 aromatic heterocycles. The maximum Gasteiger partial charge on any atom is 0.322 e. The van der Waals surface area contributed by atoms with Crippen molar-refractivity contribution in [1.82, 2.24) is 20.3 Å². The summed E-state index contributed by atoms with van der Waals surface area (Å²) < 4.78 is 26.6. The van der Waals surface area contributed by atoms with Crippen molar-refractivity contribution in [2.24, 2.45) is 0 Å². The molecule has 3 N–H and O–H groups in total. The van der Waals surface area contributed by atoms with Crippen LogP contribution in [0.25, 0.3) is 0 Å². The van der Waals surface area contributed by atoms with Crippen LogP contribution >= 0.6 is 0 Å². The average Bonchev–Trinajstić information content (AvgIpc) is 2.93. The number of piperidine rings is 1. The van der Waals surface area contributed by atoms with Crippen LogP contribution in [0.2, 0.25) is 0 Å². The molecular weight excluding hydrogens is 372 g/mol. The highest BCUT2D eigenvalue weighted by Crippen LogP contribution is 2.26. The van der Waals surface area contributed by atoms with Gasteiger partial charge in [0.25, 0.3) is 11.8 Å². The summed E-state index contributed by atoms with van der Waals surface area (Å²) >= 11 is 0. The fourth-order valence-electron chi connectivity index (χ4n) is 3.17. The van der Waals surface area contributed by atoms with Gasteiger partial charge < -0.3 is 10.2 Å². The quantitative estimate of drug-likeness (QED) is 0.468. The van der Waals surface area contributed by atoms with Gasteiger partial charge >= 0.3 is 6.03 Å². The largest absolute Gasteiger partial charge is 0.338 e. The summed E-state index contributed by atoms with van der Waals surface area (Å²) in [7, 11) is -3.80. The van der Waals surface area contributed by atoms with Crippen LogP contribution in [0.15, 0.2) is 29.2 Å². The Labute approximate surface area is 156 Å². The van der Waals surface area contributed by atoms with Crippen molar-refractivity contribution >= 4 is 27.9 Å². The first-order valence-corrected chi connectivity index (χ1v) is 9.72. The number of sulfonamides is 1. The summed E-state index contributed by atoms with van der Waals surface area (Å²) in [6.07, 6.45) is 5.64. The van der Waals surface area contributed by atoms with E-state index < -0.39 is 21.6 Å². The number of urea groups is 1. The van der Waals surface area contributed by atoms with Gasteiger partial charge in [-0.25, -0.2) is 13.2 Å². The number of carbonyl (C=O) groups excluding carboxylic acids is 3. The first-order chi connectivity index (χ1) is 12.8. The van der Waals surface area contributed by atoms with Crippen LogP contribution in [0.4, 0.5) is 4.79 Å². The van der Waals surface area contributed by atoms with Crippen molar-refractivity contribution in [3.63, 3.8) is 0 Å². The molecule has 0 bridgehead atoms. The van der Waals surface area contributed by atoms with Crippen LogP contribution in [-0.2, 0) is 14.8 Å². The maximum atomic E-state index is 12.7. The summed E-state index contributed by atoms with van der Waals surface area (Å²) in [5.41, 5.74) is -0.757. The van der Waals surface area contributed by atoms with Crippen molar-refractivity contribution in [3.05, 3.63) is 29.8 Å². The molecule has 2 heterocycles. The molecule has 0 radical (unpaired) electrons. The number of benzene rings is 1. The van der Waals surface area contributed by atoms with E-state index in [0.717, 1.165) is 0 Å². The van der Waals surface area contributed by atoms with Gasteiger partial charge in [0.15, 0.2) is 0 Å². The lowest BCUT2D eigenvalue weighted by molar-refractivity contribution is -0.125. The zero-order valence-electron chi connectivity index (χ0n) is 14.3. The molecule has 2 fully saturated rings. The number of amides is 4. The summed E-state index contributed by atoms with van der Waals surface area (Å²) in [6.45, 7) is 0.375. The van der Waals surface area contributed by atoms with Crippen molar-refractivity contribution in [2.75, 3.05) is 19.6 Å². The zero-order valence-corrected chi connectivity index (χ0v) is 15.1. The number of carbonyl (C=O) groups is 3. The van der Waals surface area contributed by atoms with Crippen LogP contribution in [-0.4, -0.2) is 56.3 Å². The molecule has 0 atom stereocenters. The van der Waals surface area contributed by atoms with Crippen molar-refractivity contribution in [2.45, 2.75) is 23.3 Å². The monoisotopic (exact) mass is 390 g/mol. The molecule has 1 aromatic rings. The van der Waals surface area contributed by atoms with Gasteiger partial charge in [0.05, 0.1) is 11.4 Å². The molecule has 0 saturated carbocycles. The average molecular weight is 390 g/mol. The van der Waals surface area contributed by atoms with E-state index in [-0.39, 0.29) is 54.7 Å². The fraction of sp³-hybridized carbons (Fsp3) is 0.353. The molecule has 142 valence electrons.